The average Bonchev–Trinajstić information content (AvgIpc) is 3.19. The molecular weight excluding hydrogens is 456 g/mol. The van der Waals surface area contributed by atoms with E-state index in [1.165, 1.54) is 16.9 Å². The monoisotopic (exact) mass is 484 g/mol. The number of fused-ring (bicyclic) bond motifs is 1. The maximum atomic E-state index is 13.4. The van der Waals surface area contributed by atoms with Crippen molar-refractivity contribution in [2.45, 2.75) is 20.8 Å². The molecule has 1 saturated heterocycles. The molecule has 0 atom stereocenters. The lowest BCUT2D eigenvalue weighted by Gasteiger charge is -2.36. The van der Waals surface area contributed by atoms with Crippen LogP contribution in [0, 0.1) is 13.8 Å². The second-order valence-corrected chi connectivity index (χ2v) is 10.1. The fraction of sp³-hybridized carbons (Fsp3) is 0.250. The van der Waals surface area contributed by atoms with E-state index in [-0.39, 0.29) is 11.7 Å². The van der Waals surface area contributed by atoms with Gasteiger partial charge < -0.3 is 15.5 Å². The Balaban J connectivity index is 1.35. The number of aryl methyl sites for hydroxylation is 2. The molecule has 1 aliphatic rings. The number of anilines is 2. The first kappa shape index (κ1) is 23.1. The summed E-state index contributed by atoms with van der Waals surface area (Å²) in [6.07, 6.45) is 0. The number of hydrogen-bond acceptors (Lipinski definition) is 6. The van der Waals surface area contributed by atoms with Crippen LogP contribution >= 0.6 is 11.3 Å². The molecule has 0 bridgehead atoms. The van der Waals surface area contributed by atoms with Crippen molar-refractivity contribution in [1.82, 2.24) is 9.88 Å². The van der Waals surface area contributed by atoms with Crippen LogP contribution in [0.15, 0.2) is 54.6 Å². The van der Waals surface area contributed by atoms with Crippen molar-refractivity contribution in [1.29, 1.82) is 0 Å². The highest BCUT2D eigenvalue weighted by Gasteiger charge is 2.27. The molecule has 0 spiro atoms. The molecule has 1 aliphatic heterocycles. The number of carbonyl (C=O) groups is 2. The number of thiophene rings is 1. The lowest BCUT2D eigenvalue weighted by molar-refractivity contribution is 0.0752. The SMILES string of the molecule is CC(=O)c1ccc(N2CCN(C(=O)c3sc4nc(-c5ccc(C)cc5)c(C)cc4c3N)CC2)cc1. The van der Waals surface area contributed by atoms with Crippen molar-refractivity contribution in [2.75, 3.05) is 36.8 Å². The number of nitrogen functional groups attached to an aromatic ring is 1. The Morgan fingerprint density at radius 2 is 1.60 bits per heavy atom. The van der Waals surface area contributed by atoms with Crippen LogP contribution in [0.2, 0.25) is 0 Å². The van der Waals surface area contributed by atoms with Gasteiger partial charge in [-0.1, -0.05) is 29.8 Å². The molecule has 1 amide bonds. The number of Topliss-reactive ketones (excluding diaryl/α,β-unsaturated/α-hetero) is 1. The zero-order chi connectivity index (χ0) is 24.7. The van der Waals surface area contributed by atoms with Gasteiger partial charge in [0.05, 0.1) is 11.4 Å². The molecule has 1 fully saturated rings. The summed E-state index contributed by atoms with van der Waals surface area (Å²) in [4.78, 5) is 35.3. The molecule has 4 aromatic rings. The molecule has 178 valence electrons. The smallest absolute Gasteiger partial charge is 0.266 e. The number of ketones is 1. The standard InChI is InChI=1S/C28H28N4O2S/c1-17-4-6-21(7-5-17)25-18(2)16-23-24(29)26(35-27(23)30-25)28(34)32-14-12-31(13-15-32)22-10-8-20(9-11-22)19(3)33/h4-11,16H,12-15,29H2,1-3H3. The van der Waals surface area contributed by atoms with E-state index in [1.807, 2.05) is 42.2 Å². The molecule has 0 aliphatic carbocycles. The van der Waals surface area contributed by atoms with Gasteiger partial charge in [-0.2, -0.15) is 0 Å². The Labute approximate surface area is 209 Å². The molecule has 0 unspecified atom stereocenters. The largest absolute Gasteiger partial charge is 0.397 e. The summed E-state index contributed by atoms with van der Waals surface area (Å²) in [5.74, 6) is 0.0233. The van der Waals surface area contributed by atoms with Crippen molar-refractivity contribution >= 4 is 44.6 Å². The summed E-state index contributed by atoms with van der Waals surface area (Å²) in [6, 6.07) is 18.0. The van der Waals surface area contributed by atoms with Gasteiger partial charge in [-0.05, 0) is 56.7 Å². The predicted octanol–water partition coefficient (Wildman–Crippen LogP) is 5.33. The van der Waals surface area contributed by atoms with Crippen molar-refractivity contribution in [3.8, 4) is 11.3 Å². The van der Waals surface area contributed by atoms with Crippen LogP contribution < -0.4 is 10.6 Å². The molecule has 5 rings (SSSR count). The predicted molar refractivity (Wildman–Crippen MR) is 144 cm³/mol. The molecule has 0 saturated carbocycles. The number of carbonyl (C=O) groups excluding carboxylic acids is 2. The minimum Gasteiger partial charge on any atom is -0.397 e. The van der Waals surface area contributed by atoms with E-state index >= 15 is 0 Å². The van der Waals surface area contributed by atoms with Crippen molar-refractivity contribution in [2.24, 2.45) is 0 Å². The second kappa shape index (κ2) is 9.15. The Hall–Kier alpha value is -3.71. The van der Waals surface area contributed by atoms with Gasteiger partial charge in [0.25, 0.3) is 5.91 Å². The minimum atomic E-state index is -0.0355. The number of piperazine rings is 1. The third-order valence-electron chi connectivity index (χ3n) is 6.64. The maximum Gasteiger partial charge on any atom is 0.266 e. The summed E-state index contributed by atoms with van der Waals surface area (Å²) in [5, 5.41) is 0.843. The van der Waals surface area contributed by atoms with Crippen molar-refractivity contribution in [3.63, 3.8) is 0 Å². The number of nitrogens with zero attached hydrogens (tertiary/aromatic N) is 3. The Bertz CT molecular complexity index is 1420. The molecule has 6 nitrogen and oxygen atoms in total. The van der Waals surface area contributed by atoms with Gasteiger partial charge in [0.15, 0.2) is 5.78 Å². The van der Waals surface area contributed by atoms with E-state index in [2.05, 4.69) is 36.1 Å². The van der Waals surface area contributed by atoms with Crippen LogP contribution in [-0.2, 0) is 0 Å². The van der Waals surface area contributed by atoms with Gasteiger partial charge in [0.2, 0.25) is 0 Å². The van der Waals surface area contributed by atoms with E-state index in [0.717, 1.165) is 45.8 Å². The molecular formula is C28H28N4O2S. The topological polar surface area (TPSA) is 79.5 Å². The summed E-state index contributed by atoms with van der Waals surface area (Å²) in [6.45, 7) is 8.34. The fourth-order valence-electron chi connectivity index (χ4n) is 4.52. The van der Waals surface area contributed by atoms with Crippen molar-refractivity contribution in [3.05, 3.63) is 76.2 Å². The van der Waals surface area contributed by atoms with Crippen LogP contribution in [0.1, 0.15) is 38.1 Å². The third kappa shape index (κ3) is 4.39. The number of aromatic nitrogens is 1. The molecule has 35 heavy (non-hydrogen) atoms. The van der Waals surface area contributed by atoms with Crippen LogP contribution in [0.25, 0.3) is 21.5 Å². The van der Waals surface area contributed by atoms with Crippen LogP contribution in [-0.4, -0.2) is 47.8 Å². The molecule has 3 heterocycles. The van der Waals surface area contributed by atoms with E-state index < -0.39 is 0 Å². The average molecular weight is 485 g/mol. The number of hydrogen-bond donors (Lipinski definition) is 1. The lowest BCUT2D eigenvalue weighted by Crippen LogP contribution is -2.48. The normalized spacial score (nSPS) is 13.9. The molecule has 0 radical (unpaired) electrons. The zero-order valence-electron chi connectivity index (χ0n) is 20.2. The van der Waals surface area contributed by atoms with Gasteiger partial charge in [-0.25, -0.2) is 4.98 Å². The first-order chi connectivity index (χ1) is 16.8. The molecule has 7 heteroatoms. The number of rotatable bonds is 4. The van der Waals surface area contributed by atoms with E-state index in [9.17, 15) is 9.59 Å². The summed E-state index contributed by atoms with van der Waals surface area (Å²) in [5.41, 5.74) is 13.0. The van der Waals surface area contributed by atoms with E-state index in [0.29, 0.717) is 29.2 Å². The first-order valence-corrected chi connectivity index (χ1v) is 12.6. The quantitative estimate of drug-likeness (QED) is 0.396. The highest BCUT2D eigenvalue weighted by atomic mass is 32.1. The first-order valence-electron chi connectivity index (χ1n) is 11.7. The third-order valence-corrected chi connectivity index (χ3v) is 7.74. The molecule has 2 aromatic heterocycles. The zero-order valence-corrected chi connectivity index (χ0v) is 21.0. The Morgan fingerprint density at radius 3 is 2.23 bits per heavy atom. The minimum absolute atomic E-state index is 0.0355. The van der Waals surface area contributed by atoms with E-state index in [1.54, 1.807) is 6.92 Å². The van der Waals surface area contributed by atoms with Crippen molar-refractivity contribution < 1.29 is 9.59 Å². The summed E-state index contributed by atoms with van der Waals surface area (Å²) < 4.78 is 0. The van der Waals surface area contributed by atoms with Crippen LogP contribution in [0.4, 0.5) is 11.4 Å². The van der Waals surface area contributed by atoms with Crippen LogP contribution in [0.5, 0.6) is 0 Å². The number of amides is 1. The van der Waals surface area contributed by atoms with Gasteiger partial charge in [-0.3, -0.25) is 9.59 Å². The second-order valence-electron chi connectivity index (χ2n) is 9.10. The number of nitrogens with two attached hydrogens (primary N) is 1. The Morgan fingerprint density at radius 1 is 0.943 bits per heavy atom. The van der Waals surface area contributed by atoms with Gasteiger partial charge in [0.1, 0.15) is 9.71 Å². The maximum absolute atomic E-state index is 13.4. The molecule has 2 aromatic carbocycles. The van der Waals surface area contributed by atoms with Gasteiger partial charge >= 0.3 is 0 Å². The number of pyridine rings is 1. The summed E-state index contributed by atoms with van der Waals surface area (Å²) >= 11 is 1.37. The highest BCUT2D eigenvalue weighted by molar-refractivity contribution is 7.21. The highest BCUT2D eigenvalue weighted by Crippen LogP contribution is 2.37. The Kier molecular flexibility index (Phi) is 6.03. The van der Waals surface area contributed by atoms with Gasteiger partial charge in [0, 0.05) is 48.4 Å². The number of benzene rings is 2. The van der Waals surface area contributed by atoms with Gasteiger partial charge in [-0.15, -0.1) is 11.3 Å². The lowest BCUT2D eigenvalue weighted by atomic mass is 10.0. The summed E-state index contributed by atoms with van der Waals surface area (Å²) in [7, 11) is 0. The fourth-order valence-corrected chi connectivity index (χ4v) is 5.57. The van der Waals surface area contributed by atoms with E-state index in [4.69, 9.17) is 10.7 Å². The molecule has 2 N–H and O–H groups in total. The van der Waals surface area contributed by atoms with Crippen LogP contribution in [0.3, 0.4) is 0 Å².